The molecule has 84 valence electrons. The summed E-state index contributed by atoms with van der Waals surface area (Å²) in [7, 11) is 0. The highest BCUT2D eigenvalue weighted by molar-refractivity contribution is 6.00. The average molecular weight is 224 g/mol. The van der Waals surface area contributed by atoms with Crippen LogP contribution in [0, 0.1) is 10.1 Å². The van der Waals surface area contributed by atoms with Crippen molar-refractivity contribution < 1.29 is 14.5 Å². The molecule has 0 aliphatic carbocycles. The number of nitrogens with one attached hydrogen (secondary N) is 2. The van der Waals surface area contributed by atoms with Crippen LogP contribution in [0.2, 0.25) is 0 Å². The van der Waals surface area contributed by atoms with E-state index in [1.165, 1.54) is 18.3 Å². The fourth-order valence-electron chi connectivity index (χ4n) is 0.939. The van der Waals surface area contributed by atoms with Gasteiger partial charge in [0.15, 0.2) is 0 Å². The van der Waals surface area contributed by atoms with Gasteiger partial charge in [-0.2, -0.15) is 0 Å². The number of carbonyl (C=O) groups is 2. The maximum absolute atomic E-state index is 11.1. The molecule has 16 heavy (non-hydrogen) atoms. The van der Waals surface area contributed by atoms with Crippen molar-refractivity contribution >= 4 is 23.4 Å². The third-order valence-corrected chi connectivity index (χ3v) is 1.50. The molecule has 0 saturated carbocycles. The number of imide groups is 1. The van der Waals surface area contributed by atoms with E-state index in [0.29, 0.717) is 0 Å². The molecule has 1 aromatic heterocycles. The van der Waals surface area contributed by atoms with Gasteiger partial charge in [0.2, 0.25) is 11.7 Å². The molecule has 8 heteroatoms. The van der Waals surface area contributed by atoms with E-state index in [4.69, 9.17) is 0 Å². The fraction of sp³-hybridized carbons (Fsp3) is 0.125. The Kier molecular flexibility index (Phi) is 3.49. The van der Waals surface area contributed by atoms with Gasteiger partial charge in [-0.15, -0.1) is 0 Å². The number of hydrogen-bond donors (Lipinski definition) is 2. The van der Waals surface area contributed by atoms with Crippen molar-refractivity contribution in [1.82, 2.24) is 10.3 Å². The van der Waals surface area contributed by atoms with Gasteiger partial charge in [-0.05, 0) is 6.07 Å². The van der Waals surface area contributed by atoms with E-state index in [9.17, 15) is 19.7 Å². The Morgan fingerprint density at radius 1 is 1.50 bits per heavy atom. The van der Waals surface area contributed by atoms with Gasteiger partial charge >= 0.3 is 11.7 Å². The van der Waals surface area contributed by atoms with Gasteiger partial charge in [-0.25, -0.2) is 9.78 Å². The number of carbonyl (C=O) groups excluding carboxylic acids is 2. The normalized spacial score (nSPS) is 9.31. The van der Waals surface area contributed by atoms with E-state index in [0.717, 1.165) is 6.92 Å². The zero-order valence-corrected chi connectivity index (χ0v) is 8.26. The Hall–Kier alpha value is -2.51. The van der Waals surface area contributed by atoms with Crippen molar-refractivity contribution in [3.8, 4) is 0 Å². The molecule has 1 rings (SSSR count). The monoisotopic (exact) mass is 224 g/mol. The first kappa shape index (κ1) is 11.6. The first-order chi connectivity index (χ1) is 7.50. The minimum absolute atomic E-state index is 0.216. The lowest BCUT2D eigenvalue weighted by atomic mass is 10.4. The van der Waals surface area contributed by atoms with E-state index in [1.807, 2.05) is 5.32 Å². The third kappa shape index (κ3) is 3.01. The van der Waals surface area contributed by atoms with Crippen LogP contribution in [0.5, 0.6) is 0 Å². The standard InChI is InChI=1S/C8H8N4O4/c1-5(13)10-8(14)11-7-6(12(15)16)3-2-4-9-7/h2-4H,1H3,(H2,9,10,11,13,14). The lowest BCUT2D eigenvalue weighted by molar-refractivity contribution is -0.384. The minimum atomic E-state index is -0.866. The molecule has 0 saturated heterocycles. The molecule has 0 aliphatic rings. The van der Waals surface area contributed by atoms with E-state index in [2.05, 4.69) is 10.3 Å². The second-order valence-electron chi connectivity index (χ2n) is 2.76. The number of anilines is 1. The van der Waals surface area contributed by atoms with E-state index in [-0.39, 0.29) is 11.5 Å². The topological polar surface area (TPSA) is 114 Å². The summed E-state index contributed by atoms with van der Waals surface area (Å²) in [6.07, 6.45) is 1.29. The van der Waals surface area contributed by atoms with Crippen molar-refractivity contribution in [1.29, 1.82) is 0 Å². The Morgan fingerprint density at radius 2 is 2.19 bits per heavy atom. The summed E-state index contributed by atoms with van der Waals surface area (Å²) in [5.74, 6) is -0.790. The lowest BCUT2D eigenvalue weighted by Crippen LogP contribution is -2.32. The van der Waals surface area contributed by atoms with Gasteiger partial charge in [0.1, 0.15) is 0 Å². The molecule has 8 nitrogen and oxygen atoms in total. The zero-order valence-electron chi connectivity index (χ0n) is 8.26. The van der Waals surface area contributed by atoms with Gasteiger partial charge in [-0.3, -0.25) is 25.5 Å². The first-order valence-corrected chi connectivity index (χ1v) is 4.18. The third-order valence-electron chi connectivity index (χ3n) is 1.50. The zero-order chi connectivity index (χ0) is 12.1. The van der Waals surface area contributed by atoms with Crippen LogP contribution in [0.25, 0.3) is 0 Å². The molecule has 3 amide bonds. The Bertz CT molecular complexity index is 445. The summed E-state index contributed by atoms with van der Waals surface area (Å²) >= 11 is 0. The predicted octanol–water partition coefficient (Wildman–Crippen LogP) is 0.658. The van der Waals surface area contributed by atoms with Crippen molar-refractivity contribution in [3.05, 3.63) is 28.4 Å². The van der Waals surface area contributed by atoms with Crippen LogP contribution in [-0.4, -0.2) is 21.8 Å². The molecule has 0 spiro atoms. The number of aromatic nitrogens is 1. The van der Waals surface area contributed by atoms with Gasteiger partial charge in [0.25, 0.3) is 0 Å². The second-order valence-corrected chi connectivity index (χ2v) is 2.76. The Morgan fingerprint density at radius 3 is 2.75 bits per heavy atom. The first-order valence-electron chi connectivity index (χ1n) is 4.18. The van der Waals surface area contributed by atoms with E-state index < -0.39 is 16.9 Å². The van der Waals surface area contributed by atoms with Crippen molar-refractivity contribution in [2.75, 3.05) is 5.32 Å². The number of urea groups is 1. The molecule has 1 aromatic rings. The molecule has 0 bridgehead atoms. The van der Waals surface area contributed by atoms with Crippen molar-refractivity contribution in [3.63, 3.8) is 0 Å². The maximum atomic E-state index is 11.1. The number of amides is 3. The summed E-state index contributed by atoms with van der Waals surface area (Å²) in [4.78, 5) is 35.1. The van der Waals surface area contributed by atoms with Crippen LogP contribution in [0.15, 0.2) is 18.3 Å². The van der Waals surface area contributed by atoms with Crippen LogP contribution < -0.4 is 10.6 Å². The highest BCUT2D eigenvalue weighted by atomic mass is 16.6. The highest BCUT2D eigenvalue weighted by Gasteiger charge is 2.16. The van der Waals surface area contributed by atoms with Crippen LogP contribution in [0.4, 0.5) is 16.3 Å². The number of rotatable bonds is 2. The van der Waals surface area contributed by atoms with Crippen molar-refractivity contribution in [2.24, 2.45) is 0 Å². The van der Waals surface area contributed by atoms with Gasteiger partial charge in [0.05, 0.1) is 4.92 Å². The Balaban J connectivity index is 2.84. The van der Waals surface area contributed by atoms with E-state index >= 15 is 0 Å². The molecule has 0 aromatic carbocycles. The van der Waals surface area contributed by atoms with Crippen LogP contribution in [0.3, 0.4) is 0 Å². The molecule has 1 heterocycles. The molecule has 0 unspecified atom stereocenters. The summed E-state index contributed by atoms with van der Waals surface area (Å²) < 4.78 is 0. The maximum Gasteiger partial charge on any atom is 0.327 e. The van der Waals surface area contributed by atoms with Crippen LogP contribution >= 0.6 is 0 Å². The summed E-state index contributed by atoms with van der Waals surface area (Å²) in [5.41, 5.74) is -0.346. The number of nitrogens with zero attached hydrogens (tertiary/aromatic N) is 2. The predicted molar refractivity (Wildman–Crippen MR) is 53.7 cm³/mol. The molecule has 2 N–H and O–H groups in total. The number of hydrogen-bond acceptors (Lipinski definition) is 5. The van der Waals surface area contributed by atoms with Crippen LogP contribution in [-0.2, 0) is 4.79 Å². The van der Waals surface area contributed by atoms with Gasteiger partial charge in [-0.1, -0.05) is 0 Å². The summed E-state index contributed by atoms with van der Waals surface area (Å²) in [6, 6.07) is 1.69. The number of nitro groups is 1. The molecular weight excluding hydrogens is 216 g/mol. The Labute approximate surface area is 89.8 Å². The fourth-order valence-corrected chi connectivity index (χ4v) is 0.939. The molecule has 0 atom stereocenters. The highest BCUT2D eigenvalue weighted by Crippen LogP contribution is 2.19. The largest absolute Gasteiger partial charge is 0.327 e. The molecule has 0 aliphatic heterocycles. The number of pyridine rings is 1. The van der Waals surface area contributed by atoms with Crippen LogP contribution in [0.1, 0.15) is 6.92 Å². The SMILES string of the molecule is CC(=O)NC(=O)Nc1ncccc1[N+](=O)[O-]. The quantitative estimate of drug-likeness (QED) is 0.565. The van der Waals surface area contributed by atoms with Gasteiger partial charge in [0, 0.05) is 19.2 Å². The average Bonchev–Trinajstić information content (AvgIpc) is 2.16. The molecular formula is C8H8N4O4. The van der Waals surface area contributed by atoms with E-state index in [1.54, 1.807) is 0 Å². The molecule has 0 radical (unpaired) electrons. The van der Waals surface area contributed by atoms with Crippen molar-refractivity contribution in [2.45, 2.75) is 6.92 Å². The summed E-state index contributed by atoms with van der Waals surface area (Å²) in [6.45, 7) is 1.15. The minimum Gasteiger partial charge on any atom is -0.286 e. The van der Waals surface area contributed by atoms with Gasteiger partial charge < -0.3 is 0 Å². The second kappa shape index (κ2) is 4.82. The smallest absolute Gasteiger partial charge is 0.286 e. The summed E-state index contributed by atoms with van der Waals surface area (Å²) in [5, 5.41) is 14.6. The molecule has 0 fully saturated rings. The lowest BCUT2D eigenvalue weighted by Gasteiger charge is -2.03.